The van der Waals surface area contributed by atoms with Crippen molar-refractivity contribution in [1.82, 2.24) is 20.7 Å². The van der Waals surface area contributed by atoms with E-state index in [0.717, 1.165) is 27.5 Å². The van der Waals surface area contributed by atoms with E-state index in [2.05, 4.69) is 31.7 Å². The van der Waals surface area contributed by atoms with Crippen molar-refractivity contribution in [2.24, 2.45) is 0 Å². The molecule has 0 bridgehead atoms. The van der Waals surface area contributed by atoms with E-state index in [4.69, 9.17) is 9.57 Å². The first kappa shape index (κ1) is 19.7. The fraction of sp³-hybridized carbons (Fsp3) is 0.350. The third-order valence-electron chi connectivity index (χ3n) is 4.92. The summed E-state index contributed by atoms with van der Waals surface area (Å²) in [4.78, 5) is 36.2. The summed E-state index contributed by atoms with van der Waals surface area (Å²) in [6.45, 7) is 0.935. The highest BCUT2D eigenvalue weighted by Crippen LogP contribution is 2.20. The Kier molecular flexibility index (Phi) is 5.96. The molecule has 0 spiro atoms. The van der Waals surface area contributed by atoms with Gasteiger partial charge in [-0.25, -0.2) is 4.79 Å². The Morgan fingerprint density at radius 1 is 1.38 bits per heavy atom. The van der Waals surface area contributed by atoms with Crippen molar-refractivity contribution >= 4 is 38.8 Å². The lowest BCUT2D eigenvalue weighted by atomic mass is 10.2. The number of ether oxygens (including phenoxy) is 1. The van der Waals surface area contributed by atoms with Crippen molar-refractivity contribution in [3.8, 4) is 0 Å². The second-order valence-electron chi connectivity index (χ2n) is 6.96. The van der Waals surface area contributed by atoms with E-state index in [0.29, 0.717) is 19.5 Å². The summed E-state index contributed by atoms with van der Waals surface area (Å²) in [5.74, 6) is -0.202. The highest BCUT2D eigenvalue weighted by atomic mass is 79.9. The number of benzene rings is 1. The molecule has 2 amide bonds. The van der Waals surface area contributed by atoms with Crippen molar-refractivity contribution in [1.29, 1.82) is 0 Å². The van der Waals surface area contributed by atoms with Crippen LogP contribution in [-0.4, -0.2) is 47.1 Å². The predicted octanol–water partition coefficient (Wildman–Crippen LogP) is 2.59. The number of nitrogens with zero attached hydrogens (tertiary/aromatic N) is 2. The number of halogens is 1. The van der Waals surface area contributed by atoms with Gasteiger partial charge in [-0.1, -0.05) is 18.2 Å². The molecule has 2 aliphatic heterocycles. The zero-order chi connectivity index (χ0) is 20.2. The summed E-state index contributed by atoms with van der Waals surface area (Å²) < 4.78 is 6.18. The first-order valence-electron chi connectivity index (χ1n) is 9.44. The number of fused-ring (bicyclic) bond motifs is 1. The van der Waals surface area contributed by atoms with Gasteiger partial charge < -0.3 is 10.1 Å². The molecular formula is C20H21BrN4O4. The minimum absolute atomic E-state index is 0.113. The Morgan fingerprint density at radius 2 is 2.24 bits per heavy atom. The quantitative estimate of drug-likeness (QED) is 0.666. The van der Waals surface area contributed by atoms with Crippen molar-refractivity contribution in [2.75, 3.05) is 13.1 Å². The van der Waals surface area contributed by atoms with Gasteiger partial charge in [-0.15, -0.1) is 0 Å². The number of para-hydroxylation sites is 1. The third kappa shape index (κ3) is 4.68. The summed E-state index contributed by atoms with van der Waals surface area (Å²) in [7, 11) is 0. The van der Waals surface area contributed by atoms with E-state index in [1.165, 1.54) is 4.90 Å². The molecule has 1 aromatic carbocycles. The monoisotopic (exact) mass is 460 g/mol. The number of hydroxylamine groups is 1. The molecule has 2 aliphatic rings. The molecule has 0 radical (unpaired) electrons. The van der Waals surface area contributed by atoms with Crippen molar-refractivity contribution in [3.63, 3.8) is 0 Å². The van der Waals surface area contributed by atoms with Gasteiger partial charge in [0.25, 0.3) is 0 Å². The number of carbonyl (C=O) groups excluding carboxylic acids is 2. The summed E-state index contributed by atoms with van der Waals surface area (Å²) in [6.07, 6.45) is 4.15. The summed E-state index contributed by atoms with van der Waals surface area (Å²) in [6, 6.07) is 9.18. The first-order valence-corrected chi connectivity index (χ1v) is 10.2. The fourth-order valence-electron chi connectivity index (χ4n) is 3.46. The number of hydrogen-bond acceptors (Lipinski definition) is 6. The zero-order valence-corrected chi connectivity index (χ0v) is 17.2. The standard InChI is InChI=1S/C20H21BrN4O4/c21-18-9-15(29-24-18)11-23-19(26)17-6-3-7-25(17)20(27)28-12-13-8-14-4-1-2-5-16(14)22-10-13/h1-2,4-5,8-10,15,17,24H,3,6-7,11-12H2,(H,23,26)/t15-,17?/m0/s1. The fourth-order valence-corrected chi connectivity index (χ4v) is 3.85. The number of rotatable bonds is 5. The lowest BCUT2D eigenvalue weighted by molar-refractivity contribution is -0.125. The van der Waals surface area contributed by atoms with E-state index in [1.807, 2.05) is 36.4 Å². The van der Waals surface area contributed by atoms with Crippen LogP contribution in [-0.2, 0) is 21.0 Å². The Bertz CT molecular complexity index is 951. The van der Waals surface area contributed by atoms with Gasteiger partial charge in [0.15, 0.2) is 0 Å². The third-order valence-corrected chi connectivity index (χ3v) is 5.34. The van der Waals surface area contributed by atoms with Gasteiger partial charge in [-0.2, -0.15) is 0 Å². The molecule has 4 rings (SSSR count). The summed E-state index contributed by atoms with van der Waals surface area (Å²) in [5, 5.41) is 3.83. The molecule has 3 heterocycles. The van der Waals surface area contributed by atoms with Gasteiger partial charge in [0, 0.05) is 23.7 Å². The number of aromatic nitrogens is 1. The molecule has 9 heteroatoms. The van der Waals surface area contributed by atoms with Crippen molar-refractivity contribution in [2.45, 2.75) is 31.6 Å². The molecule has 0 saturated carbocycles. The molecule has 1 aromatic heterocycles. The highest BCUT2D eigenvalue weighted by Gasteiger charge is 2.35. The molecule has 152 valence electrons. The maximum absolute atomic E-state index is 12.6. The van der Waals surface area contributed by atoms with Crippen LogP contribution in [0.25, 0.3) is 10.9 Å². The topological polar surface area (TPSA) is 92.8 Å². The second kappa shape index (κ2) is 8.79. The number of likely N-dealkylation sites (tertiary alicyclic amines) is 1. The predicted molar refractivity (Wildman–Crippen MR) is 110 cm³/mol. The Morgan fingerprint density at radius 3 is 3.07 bits per heavy atom. The molecule has 0 aliphatic carbocycles. The van der Waals surface area contributed by atoms with Crippen LogP contribution in [0.15, 0.2) is 47.2 Å². The molecule has 8 nitrogen and oxygen atoms in total. The Labute approximate surface area is 176 Å². The lowest BCUT2D eigenvalue weighted by Gasteiger charge is -2.23. The molecule has 1 fully saturated rings. The van der Waals surface area contributed by atoms with E-state index in [-0.39, 0.29) is 18.6 Å². The van der Waals surface area contributed by atoms with E-state index in [9.17, 15) is 9.59 Å². The molecule has 2 atom stereocenters. The van der Waals surface area contributed by atoms with Gasteiger partial charge in [-0.05, 0) is 47.0 Å². The maximum atomic E-state index is 12.6. The van der Waals surface area contributed by atoms with Gasteiger partial charge in [0.1, 0.15) is 23.4 Å². The summed E-state index contributed by atoms with van der Waals surface area (Å²) in [5.41, 5.74) is 4.37. The molecule has 2 aromatic rings. The normalized spacial score (nSPS) is 21.0. The zero-order valence-electron chi connectivity index (χ0n) is 15.6. The van der Waals surface area contributed by atoms with Crippen molar-refractivity contribution < 1.29 is 19.2 Å². The number of carbonyl (C=O) groups is 2. The molecule has 2 N–H and O–H groups in total. The van der Waals surface area contributed by atoms with Crippen LogP contribution < -0.4 is 10.8 Å². The second-order valence-corrected chi connectivity index (χ2v) is 7.81. The van der Waals surface area contributed by atoms with Crippen LogP contribution in [0.4, 0.5) is 4.79 Å². The Balaban J connectivity index is 1.31. The molecule has 1 saturated heterocycles. The number of hydrogen-bond donors (Lipinski definition) is 2. The number of pyridine rings is 1. The van der Waals surface area contributed by atoms with Crippen LogP contribution in [0, 0.1) is 0 Å². The van der Waals surface area contributed by atoms with Crippen LogP contribution in [0.5, 0.6) is 0 Å². The average Bonchev–Trinajstić information content (AvgIpc) is 3.39. The SMILES string of the molecule is O=C(NC[C@@H]1C=C(Br)NO1)C1CCCN1C(=O)OCc1cnc2ccccc2c1. The molecular weight excluding hydrogens is 440 g/mol. The van der Waals surface area contributed by atoms with E-state index in [1.54, 1.807) is 6.20 Å². The van der Waals surface area contributed by atoms with Crippen LogP contribution in [0.3, 0.4) is 0 Å². The van der Waals surface area contributed by atoms with Gasteiger partial charge in [0.2, 0.25) is 5.91 Å². The van der Waals surface area contributed by atoms with Gasteiger partial charge in [0.05, 0.1) is 12.1 Å². The van der Waals surface area contributed by atoms with Crippen LogP contribution >= 0.6 is 15.9 Å². The number of nitrogens with one attached hydrogen (secondary N) is 2. The van der Waals surface area contributed by atoms with Crippen molar-refractivity contribution in [3.05, 3.63) is 52.8 Å². The average molecular weight is 461 g/mol. The molecule has 1 unspecified atom stereocenters. The summed E-state index contributed by atoms with van der Waals surface area (Å²) >= 11 is 3.27. The van der Waals surface area contributed by atoms with E-state index >= 15 is 0 Å². The lowest BCUT2D eigenvalue weighted by Crippen LogP contribution is -2.47. The minimum atomic E-state index is -0.529. The molecule has 29 heavy (non-hydrogen) atoms. The van der Waals surface area contributed by atoms with Gasteiger partial charge in [-0.3, -0.25) is 25.0 Å². The first-order chi connectivity index (χ1) is 14.1. The van der Waals surface area contributed by atoms with Crippen LogP contribution in [0.2, 0.25) is 0 Å². The van der Waals surface area contributed by atoms with Gasteiger partial charge >= 0.3 is 6.09 Å². The largest absolute Gasteiger partial charge is 0.444 e. The number of amides is 2. The smallest absolute Gasteiger partial charge is 0.410 e. The highest BCUT2D eigenvalue weighted by molar-refractivity contribution is 9.11. The maximum Gasteiger partial charge on any atom is 0.410 e. The van der Waals surface area contributed by atoms with Crippen LogP contribution in [0.1, 0.15) is 18.4 Å². The minimum Gasteiger partial charge on any atom is -0.444 e. The van der Waals surface area contributed by atoms with E-state index < -0.39 is 12.1 Å². The Hall–Kier alpha value is -2.65.